The molecule has 2 fully saturated rings. The number of imidazole rings is 1. The molecule has 1 saturated heterocycles. The molecule has 0 bridgehead atoms. The maximum absolute atomic E-state index is 13.2. The van der Waals surface area contributed by atoms with E-state index in [4.69, 9.17) is 14.2 Å². The van der Waals surface area contributed by atoms with Gasteiger partial charge in [-0.25, -0.2) is 4.98 Å². The number of benzene rings is 1. The molecule has 33 heavy (non-hydrogen) atoms. The lowest BCUT2D eigenvalue weighted by Gasteiger charge is -2.26. The smallest absolute Gasteiger partial charge is 0.387 e. The zero-order valence-corrected chi connectivity index (χ0v) is 18.2. The van der Waals surface area contributed by atoms with E-state index in [9.17, 15) is 13.6 Å². The highest BCUT2D eigenvalue weighted by Crippen LogP contribution is 2.40. The van der Waals surface area contributed by atoms with Crippen LogP contribution in [0.5, 0.6) is 17.2 Å². The normalized spacial score (nSPS) is 16.1. The third kappa shape index (κ3) is 4.64. The average Bonchev–Trinajstić information content (AvgIpc) is 3.46. The van der Waals surface area contributed by atoms with E-state index in [-0.39, 0.29) is 22.8 Å². The Labute approximate surface area is 189 Å². The van der Waals surface area contributed by atoms with Crippen LogP contribution in [0.15, 0.2) is 36.7 Å². The fraction of sp³-hybridized carbons (Fsp3) is 0.417. The number of Topliss-reactive ketones (excluding diaryl/α,β-unsaturated/α-hetero) is 1. The third-order valence-corrected chi connectivity index (χ3v) is 6.08. The summed E-state index contributed by atoms with van der Waals surface area (Å²) in [5.74, 6) is 1.30. The van der Waals surface area contributed by atoms with Crippen LogP contribution in [0.3, 0.4) is 0 Å². The molecular formula is C24H25F2N3O4. The summed E-state index contributed by atoms with van der Waals surface area (Å²) in [5.41, 5.74) is 1.91. The van der Waals surface area contributed by atoms with Gasteiger partial charge in [0.05, 0.1) is 25.6 Å². The highest BCUT2D eigenvalue weighted by molar-refractivity contribution is 6.02. The predicted molar refractivity (Wildman–Crippen MR) is 117 cm³/mol. The summed E-state index contributed by atoms with van der Waals surface area (Å²) in [6.45, 7) is -0.511. The lowest BCUT2D eigenvalue weighted by molar-refractivity contribution is -0.0502. The zero-order valence-electron chi connectivity index (χ0n) is 18.2. The molecule has 2 aromatic heterocycles. The van der Waals surface area contributed by atoms with Gasteiger partial charge in [0.2, 0.25) is 0 Å². The monoisotopic (exact) mass is 457 g/mol. The standard InChI is InChI=1S/C24H25F2N3O4/c1-31-20-7-16(8-21(33-24(25)26)23(20)19(30)6-14-2-3-14)18-12-28-22-9-17(4-5-29(18)22)32-13-15-10-27-11-15/h4-5,7-9,12,14-15,24,27H,2-3,6,10-11,13H2,1H3. The van der Waals surface area contributed by atoms with Crippen molar-refractivity contribution < 1.29 is 27.8 Å². The molecule has 5 rings (SSSR count). The Kier molecular flexibility index (Phi) is 5.88. The molecule has 0 radical (unpaired) electrons. The topological polar surface area (TPSA) is 74.1 Å². The van der Waals surface area contributed by atoms with Gasteiger partial charge in [0, 0.05) is 43.3 Å². The first-order valence-electron chi connectivity index (χ1n) is 11.0. The number of hydrogen-bond donors (Lipinski definition) is 1. The first-order valence-corrected chi connectivity index (χ1v) is 11.0. The number of rotatable bonds is 10. The van der Waals surface area contributed by atoms with Crippen molar-refractivity contribution in [3.8, 4) is 28.5 Å². The second-order valence-electron chi connectivity index (χ2n) is 8.57. The second-order valence-corrected chi connectivity index (χ2v) is 8.57. The Bertz CT molecular complexity index is 1170. The molecule has 1 saturated carbocycles. The van der Waals surface area contributed by atoms with Gasteiger partial charge in [-0.3, -0.25) is 9.20 Å². The molecule has 3 heterocycles. The van der Waals surface area contributed by atoms with Gasteiger partial charge in [-0.1, -0.05) is 0 Å². The van der Waals surface area contributed by atoms with Crippen LogP contribution in [0, 0.1) is 11.8 Å². The van der Waals surface area contributed by atoms with Gasteiger partial charge >= 0.3 is 6.61 Å². The van der Waals surface area contributed by atoms with Crippen molar-refractivity contribution in [3.63, 3.8) is 0 Å². The SMILES string of the molecule is COc1cc(-c2cnc3cc(OCC4CNC4)ccn23)cc(OC(F)F)c1C(=O)CC1CC1. The van der Waals surface area contributed by atoms with Crippen molar-refractivity contribution >= 4 is 11.4 Å². The number of nitrogens with zero attached hydrogens (tertiary/aromatic N) is 2. The quantitative estimate of drug-likeness (QED) is 0.460. The summed E-state index contributed by atoms with van der Waals surface area (Å²) in [6, 6.07) is 6.78. The van der Waals surface area contributed by atoms with Crippen LogP contribution in [0.25, 0.3) is 16.9 Å². The predicted octanol–water partition coefficient (Wildman–Crippen LogP) is 4.19. The minimum absolute atomic E-state index is 0.0587. The maximum atomic E-state index is 13.2. The van der Waals surface area contributed by atoms with E-state index in [1.807, 2.05) is 22.7 Å². The Morgan fingerprint density at radius 2 is 2.00 bits per heavy atom. The molecule has 0 unspecified atom stereocenters. The molecule has 1 aliphatic heterocycles. The molecule has 9 heteroatoms. The fourth-order valence-electron chi connectivity index (χ4n) is 3.99. The first-order chi connectivity index (χ1) is 16.0. The number of alkyl halides is 2. The van der Waals surface area contributed by atoms with Crippen molar-refractivity contribution in [1.29, 1.82) is 0 Å². The van der Waals surface area contributed by atoms with Crippen molar-refractivity contribution in [1.82, 2.24) is 14.7 Å². The molecule has 7 nitrogen and oxygen atoms in total. The number of fused-ring (bicyclic) bond motifs is 1. The molecule has 1 aliphatic carbocycles. The van der Waals surface area contributed by atoms with E-state index in [2.05, 4.69) is 10.3 Å². The van der Waals surface area contributed by atoms with E-state index in [1.54, 1.807) is 12.3 Å². The number of ether oxygens (including phenoxy) is 3. The van der Waals surface area contributed by atoms with Gasteiger partial charge in [0.15, 0.2) is 5.78 Å². The molecule has 174 valence electrons. The van der Waals surface area contributed by atoms with Gasteiger partial charge in [-0.05, 0) is 37.0 Å². The van der Waals surface area contributed by atoms with Gasteiger partial charge in [0.1, 0.15) is 28.5 Å². The highest BCUT2D eigenvalue weighted by Gasteiger charge is 2.30. The highest BCUT2D eigenvalue weighted by atomic mass is 19.3. The molecule has 0 spiro atoms. The van der Waals surface area contributed by atoms with E-state index in [0.717, 1.165) is 25.9 Å². The summed E-state index contributed by atoms with van der Waals surface area (Å²) in [5, 5.41) is 3.21. The number of methoxy groups -OCH3 is 1. The van der Waals surface area contributed by atoms with Crippen LogP contribution in [0.1, 0.15) is 29.6 Å². The summed E-state index contributed by atoms with van der Waals surface area (Å²) >= 11 is 0. The molecule has 2 aliphatic rings. The Hall–Kier alpha value is -3.20. The van der Waals surface area contributed by atoms with Crippen molar-refractivity contribution in [2.45, 2.75) is 25.9 Å². The number of ketones is 1. The molecular weight excluding hydrogens is 432 g/mol. The summed E-state index contributed by atoms with van der Waals surface area (Å²) in [6.07, 6.45) is 5.70. The summed E-state index contributed by atoms with van der Waals surface area (Å²) in [4.78, 5) is 17.3. The summed E-state index contributed by atoms with van der Waals surface area (Å²) < 4.78 is 44.3. The minimum atomic E-state index is -3.06. The lowest BCUT2D eigenvalue weighted by atomic mass is 10.00. The lowest BCUT2D eigenvalue weighted by Crippen LogP contribution is -2.45. The van der Waals surface area contributed by atoms with Gasteiger partial charge in [-0.15, -0.1) is 0 Å². The van der Waals surface area contributed by atoms with E-state index in [0.29, 0.717) is 47.5 Å². The fourth-order valence-corrected chi connectivity index (χ4v) is 3.99. The number of carbonyl (C=O) groups excluding carboxylic acids is 1. The van der Waals surface area contributed by atoms with Crippen molar-refractivity contribution in [3.05, 3.63) is 42.2 Å². The Morgan fingerprint density at radius 3 is 2.67 bits per heavy atom. The number of halogens is 2. The first kappa shape index (κ1) is 21.6. The number of carbonyl (C=O) groups is 1. The minimum Gasteiger partial charge on any atom is -0.496 e. The Balaban J connectivity index is 1.48. The number of nitrogens with one attached hydrogen (secondary N) is 1. The van der Waals surface area contributed by atoms with E-state index < -0.39 is 6.61 Å². The molecule has 3 aromatic rings. The van der Waals surface area contributed by atoms with E-state index in [1.165, 1.54) is 13.2 Å². The van der Waals surface area contributed by atoms with Gasteiger partial charge in [0.25, 0.3) is 0 Å². The van der Waals surface area contributed by atoms with Crippen LogP contribution in [0.2, 0.25) is 0 Å². The molecule has 0 amide bonds. The maximum Gasteiger partial charge on any atom is 0.387 e. The number of aromatic nitrogens is 2. The zero-order chi connectivity index (χ0) is 22.9. The van der Waals surface area contributed by atoms with Crippen molar-refractivity contribution in [2.75, 3.05) is 26.8 Å². The van der Waals surface area contributed by atoms with Gasteiger partial charge in [-0.2, -0.15) is 8.78 Å². The van der Waals surface area contributed by atoms with E-state index >= 15 is 0 Å². The molecule has 1 N–H and O–H groups in total. The van der Waals surface area contributed by atoms with Crippen LogP contribution in [-0.2, 0) is 0 Å². The van der Waals surface area contributed by atoms with Crippen LogP contribution < -0.4 is 19.5 Å². The average molecular weight is 457 g/mol. The van der Waals surface area contributed by atoms with Gasteiger partial charge < -0.3 is 19.5 Å². The largest absolute Gasteiger partial charge is 0.496 e. The van der Waals surface area contributed by atoms with Crippen LogP contribution >= 0.6 is 0 Å². The number of pyridine rings is 1. The molecule has 0 atom stereocenters. The number of hydrogen-bond acceptors (Lipinski definition) is 6. The molecule has 1 aromatic carbocycles. The Morgan fingerprint density at radius 1 is 1.21 bits per heavy atom. The third-order valence-electron chi connectivity index (χ3n) is 6.08. The van der Waals surface area contributed by atoms with Crippen LogP contribution in [-0.4, -0.2) is 48.6 Å². The van der Waals surface area contributed by atoms with Crippen LogP contribution in [0.4, 0.5) is 8.78 Å². The second kappa shape index (κ2) is 8.97. The summed E-state index contributed by atoms with van der Waals surface area (Å²) in [7, 11) is 1.41. The van der Waals surface area contributed by atoms with Crippen molar-refractivity contribution in [2.24, 2.45) is 11.8 Å².